The van der Waals surface area contributed by atoms with Gasteiger partial charge < -0.3 is 20.5 Å². The number of hydrogen-bond donors (Lipinski definition) is 4. The molecule has 170 valence electrons. The number of benzene rings is 2. The summed E-state index contributed by atoms with van der Waals surface area (Å²) in [6, 6.07) is 13.6. The van der Waals surface area contributed by atoms with Gasteiger partial charge in [0.25, 0.3) is 11.8 Å². The monoisotopic (exact) mass is 440 g/mol. The lowest BCUT2D eigenvalue weighted by atomic mass is 9.92. The van der Waals surface area contributed by atoms with Gasteiger partial charge in [-0.15, -0.1) is 0 Å². The number of aliphatic hydroxyl groups excluding tert-OH is 1. The van der Waals surface area contributed by atoms with Crippen molar-refractivity contribution in [2.75, 3.05) is 31.4 Å². The SMILES string of the molecule is CC1C(=O)N(NC(=O)[C@H](C)NC(=O)NCCOCCO)c2ccccc2-c2ccccc21. The van der Waals surface area contributed by atoms with E-state index in [4.69, 9.17) is 9.84 Å². The molecule has 2 aromatic carbocycles. The molecular weight excluding hydrogens is 412 g/mol. The first-order valence-electron chi connectivity index (χ1n) is 10.5. The van der Waals surface area contributed by atoms with Crippen LogP contribution < -0.4 is 21.1 Å². The zero-order chi connectivity index (χ0) is 23.1. The third-order valence-electron chi connectivity index (χ3n) is 5.18. The van der Waals surface area contributed by atoms with E-state index in [2.05, 4.69) is 16.1 Å². The molecule has 0 bridgehead atoms. The molecule has 9 heteroatoms. The fourth-order valence-corrected chi connectivity index (χ4v) is 3.50. The Morgan fingerprint density at radius 2 is 1.78 bits per heavy atom. The van der Waals surface area contributed by atoms with Crippen molar-refractivity contribution in [3.05, 3.63) is 54.1 Å². The van der Waals surface area contributed by atoms with Gasteiger partial charge in [0.2, 0.25) is 0 Å². The molecule has 2 aromatic rings. The number of carbonyl (C=O) groups is 3. The number of anilines is 1. The molecule has 1 heterocycles. The van der Waals surface area contributed by atoms with Crippen molar-refractivity contribution in [3.8, 4) is 11.1 Å². The molecule has 0 saturated carbocycles. The minimum absolute atomic E-state index is 0.0918. The van der Waals surface area contributed by atoms with E-state index in [9.17, 15) is 14.4 Å². The van der Waals surface area contributed by atoms with Crippen LogP contribution in [-0.4, -0.2) is 55.4 Å². The summed E-state index contributed by atoms with van der Waals surface area (Å²) in [5.74, 6) is -1.27. The van der Waals surface area contributed by atoms with Crippen LogP contribution in [0.2, 0.25) is 0 Å². The molecule has 0 saturated heterocycles. The van der Waals surface area contributed by atoms with Gasteiger partial charge >= 0.3 is 6.03 Å². The highest BCUT2D eigenvalue weighted by Crippen LogP contribution is 2.39. The van der Waals surface area contributed by atoms with Crippen molar-refractivity contribution >= 4 is 23.5 Å². The summed E-state index contributed by atoms with van der Waals surface area (Å²) in [7, 11) is 0. The number of hydrazine groups is 1. The van der Waals surface area contributed by atoms with Gasteiger partial charge in [-0.2, -0.15) is 0 Å². The van der Waals surface area contributed by atoms with Crippen LogP contribution in [0.1, 0.15) is 25.3 Å². The molecule has 0 aromatic heterocycles. The van der Waals surface area contributed by atoms with Gasteiger partial charge in [0.15, 0.2) is 0 Å². The second-order valence-electron chi connectivity index (χ2n) is 7.43. The van der Waals surface area contributed by atoms with Crippen LogP contribution in [0.4, 0.5) is 10.5 Å². The van der Waals surface area contributed by atoms with Gasteiger partial charge in [-0.05, 0) is 31.0 Å². The summed E-state index contributed by atoms with van der Waals surface area (Å²) < 4.78 is 5.06. The Bertz CT molecular complexity index is 980. The Kier molecular flexibility index (Phi) is 7.80. The zero-order valence-corrected chi connectivity index (χ0v) is 18.1. The van der Waals surface area contributed by atoms with Crippen LogP contribution in [0, 0.1) is 0 Å². The first-order chi connectivity index (χ1) is 15.4. The quantitative estimate of drug-likeness (QED) is 0.464. The Hall–Kier alpha value is -3.43. The molecule has 0 spiro atoms. The van der Waals surface area contributed by atoms with Crippen LogP contribution in [0.5, 0.6) is 0 Å². The maximum absolute atomic E-state index is 13.3. The van der Waals surface area contributed by atoms with E-state index in [0.717, 1.165) is 16.7 Å². The van der Waals surface area contributed by atoms with E-state index < -0.39 is 23.9 Å². The van der Waals surface area contributed by atoms with E-state index in [1.54, 1.807) is 19.1 Å². The number of ether oxygens (including phenoxy) is 1. The Morgan fingerprint density at radius 1 is 1.09 bits per heavy atom. The number of aliphatic hydroxyl groups is 1. The van der Waals surface area contributed by atoms with E-state index in [1.165, 1.54) is 11.9 Å². The minimum Gasteiger partial charge on any atom is -0.394 e. The smallest absolute Gasteiger partial charge is 0.315 e. The lowest BCUT2D eigenvalue weighted by Gasteiger charge is -2.27. The van der Waals surface area contributed by atoms with E-state index >= 15 is 0 Å². The molecule has 4 N–H and O–H groups in total. The standard InChI is InChI=1S/C23H28N4O5/c1-15-17-7-3-4-8-18(17)19-9-5-6-10-20(19)27(22(15)30)26-21(29)16(2)25-23(31)24-11-13-32-14-12-28/h3-10,15-16,28H,11-14H2,1-2H3,(H,26,29)(H2,24,25,31)/t15?,16-/m0/s1. The van der Waals surface area contributed by atoms with Crippen molar-refractivity contribution < 1.29 is 24.2 Å². The predicted molar refractivity (Wildman–Crippen MR) is 120 cm³/mol. The second kappa shape index (κ2) is 10.7. The molecule has 2 atom stereocenters. The molecule has 1 unspecified atom stereocenters. The summed E-state index contributed by atoms with van der Waals surface area (Å²) in [4.78, 5) is 38.1. The molecule has 0 radical (unpaired) electrons. The van der Waals surface area contributed by atoms with Crippen molar-refractivity contribution in [3.63, 3.8) is 0 Å². The molecule has 4 amide bonds. The highest BCUT2D eigenvalue weighted by atomic mass is 16.5. The molecule has 1 aliphatic rings. The van der Waals surface area contributed by atoms with Gasteiger partial charge in [-0.1, -0.05) is 42.5 Å². The number of rotatable bonds is 8. The number of nitrogens with zero attached hydrogens (tertiary/aromatic N) is 1. The number of nitrogens with one attached hydrogen (secondary N) is 3. The van der Waals surface area contributed by atoms with Gasteiger partial charge in [0.05, 0.1) is 31.4 Å². The third kappa shape index (κ3) is 5.24. The van der Waals surface area contributed by atoms with Crippen molar-refractivity contribution in [2.24, 2.45) is 0 Å². The third-order valence-corrected chi connectivity index (χ3v) is 5.18. The summed E-state index contributed by atoms with van der Waals surface area (Å²) >= 11 is 0. The highest BCUT2D eigenvalue weighted by Gasteiger charge is 2.33. The minimum atomic E-state index is -0.894. The fraction of sp³-hybridized carbons (Fsp3) is 0.348. The number of fused-ring (bicyclic) bond motifs is 3. The lowest BCUT2D eigenvalue weighted by molar-refractivity contribution is -0.127. The second-order valence-corrected chi connectivity index (χ2v) is 7.43. The van der Waals surface area contributed by atoms with Gasteiger partial charge in [-0.3, -0.25) is 15.0 Å². The van der Waals surface area contributed by atoms with E-state index in [-0.39, 0.29) is 32.3 Å². The summed E-state index contributed by atoms with van der Waals surface area (Å²) in [6.45, 7) is 3.91. The Labute approximate surface area is 186 Å². The Morgan fingerprint density at radius 3 is 2.53 bits per heavy atom. The number of hydrogen-bond acceptors (Lipinski definition) is 5. The van der Waals surface area contributed by atoms with E-state index in [0.29, 0.717) is 5.69 Å². The van der Waals surface area contributed by atoms with E-state index in [1.807, 2.05) is 36.4 Å². The Balaban J connectivity index is 1.70. The molecule has 0 aliphatic carbocycles. The van der Waals surface area contributed by atoms with Gasteiger partial charge in [-0.25, -0.2) is 9.80 Å². The highest BCUT2D eigenvalue weighted by molar-refractivity contribution is 6.06. The predicted octanol–water partition coefficient (Wildman–Crippen LogP) is 1.53. The normalized spacial score (nSPS) is 15.8. The van der Waals surface area contributed by atoms with Crippen LogP contribution in [0.3, 0.4) is 0 Å². The number of urea groups is 1. The molecular formula is C23H28N4O5. The van der Waals surface area contributed by atoms with Gasteiger partial charge in [0.1, 0.15) is 6.04 Å². The van der Waals surface area contributed by atoms with Crippen LogP contribution in [0.25, 0.3) is 11.1 Å². The lowest BCUT2D eigenvalue weighted by Crippen LogP contribution is -2.55. The molecule has 9 nitrogen and oxygen atoms in total. The molecule has 1 aliphatic heterocycles. The summed E-state index contributed by atoms with van der Waals surface area (Å²) in [5.41, 5.74) is 5.90. The van der Waals surface area contributed by atoms with Crippen LogP contribution >= 0.6 is 0 Å². The van der Waals surface area contributed by atoms with Crippen molar-refractivity contribution in [1.82, 2.24) is 16.1 Å². The maximum atomic E-state index is 13.3. The number of amides is 4. The first kappa shape index (κ1) is 23.2. The topological polar surface area (TPSA) is 120 Å². The van der Waals surface area contributed by atoms with Crippen molar-refractivity contribution in [1.29, 1.82) is 0 Å². The summed E-state index contributed by atoms with van der Waals surface area (Å²) in [6.07, 6.45) is 0. The fourth-order valence-electron chi connectivity index (χ4n) is 3.50. The maximum Gasteiger partial charge on any atom is 0.315 e. The van der Waals surface area contributed by atoms with Gasteiger partial charge in [0, 0.05) is 12.1 Å². The zero-order valence-electron chi connectivity index (χ0n) is 18.1. The average molecular weight is 441 g/mol. The van der Waals surface area contributed by atoms with Crippen molar-refractivity contribution in [2.45, 2.75) is 25.8 Å². The first-order valence-corrected chi connectivity index (χ1v) is 10.5. The average Bonchev–Trinajstić information content (AvgIpc) is 2.89. The number of para-hydroxylation sites is 1. The number of carbonyl (C=O) groups excluding carboxylic acids is 3. The molecule has 0 fully saturated rings. The molecule has 32 heavy (non-hydrogen) atoms. The van der Waals surface area contributed by atoms with Crippen LogP contribution in [-0.2, 0) is 14.3 Å². The largest absolute Gasteiger partial charge is 0.394 e. The molecule has 3 rings (SSSR count). The summed E-state index contributed by atoms with van der Waals surface area (Å²) in [5, 5.41) is 15.0. The van der Waals surface area contributed by atoms with Crippen LogP contribution in [0.15, 0.2) is 48.5 Å².